The summed E-state index contributed by atoms with van der Waals surface area (Å²) in [4.78, 5) is 17.7. The van der Waals surface area contributed by atoms with Crippen molar-refractivity contribution in [3.8, 4) is 5.75 Å². The van der Waals surface area contributed by atoms with Crippen molar-refractivity contribution in [1.82, 2.24) is 30.3 Å². The van der Waals surface area contributed by atoms with Gasteiger partial charge in [-0.25, -0.2) is 4.98 Å². The van der Waals surface area contributed by atoms with Gasteiger partial charge in [-0.1, -0.05) is 43.7 Å². The highest BCUT2D eigenvalue weighted by atomic mass is 16.5. The van der Waals surface area contributed by atoms with Gasteiger partial charge in [0.2, 0.25) is 5.65 Å². The van der Waals surface area contributed by atoms with E-state index >= 15 is 0 Å². The Kier molecular flexibility index (Phi) is 6.70. The predicted octanol–water partition coefficient (Wildman–Crippen LogP) is 5.09. The van der Waals surface area contributed by atoms with Crippen LogP contribution in [0, 0.1) is 0 Å². The van der Waals surface area contributed by atoms with Crippen LogP contribution < -0.4 is 15.4 Å². The van der Waals surface area contributed by atoms with Gasteiger partial charge in [0.1, 0.15) is 5.75 Å². The minimum absolute atomic E-state index is 0.164. The molecule has 0 saturated heterocycles. The van der Waals surface area contributed by atoms with Gasteiger partial charge in [0.25, 0.3) is 5.91 Å². The number of nitrogens with zero attached hydrogens (tertiary/aromatic N) is 5. The Labute approximate surface area is 208 Å². The zero-order valence-corrected chi connectivity index (χ0v) is 20.2. The molecule has 0 aliphatic rings. The molecule has 5 aromatic rings. The first kappa shape index (κ1) is 23.2. The van der Waals surface area contributed by atoms with Crippen molar-refractivity contribution in [3.05, 3.63) is 83.9 Å². The Morgan fingerprint density at radius 2 is 1.89 bits per heavy atom. The summed E-state index contributed by atoms with van der Waals surface area (Å²) < 4.78 is 7.37. The lowest BCUT2D eigenvalue weighted by molar-refractivity contribution is 0.0940. The van der Waals surface area contributed by atoms with Gasteiger partial charge >= 0.3 is 0 Å². The number of tetrazole rings is 1. The maximum atomic E-state index is 13.0. The minimum atomic E-state index is -0.171. The number of carbonyl (C=O) groups is 1. The molecular weight excluding hydrogens is 454 g/mol. The Morgan fingerprint density at radius 1 is 1.06 bits per heavy atom. The number of amides is 1. The average Bonchev–Trinajstić information content (AvgIpc) is 3.40. The number of nitrogens with one attached hydrogen (secondary N) is 2. The second-order valence-corrected chi connectivity index (χ2v) is 8.54. The van der Waals surface area contributed by atoms with Crippen LogP contribution in [0.3, 0.4) is 0 Å². The highest BCUT2D eigenvalue weighted by molar-refractivity contribution is 5.95. The van der Waals surface area contributed by atoms with Crippen LogP contribution in [0.2, 0.25) is 0 Å². The van der Waals surface area contributed by atoms with E-state index in [2.05, 4.69) is 38.1 Å². The first-order chi connectivity index (χ1) is 17.6. The van der Waals surface area contributed by atoms with Gasteiger partial charge < -0.3 is 15.4 Å². The first-order valence-corrected chi connectivity index (χ1v) is 12.0. The van der Waals surface area contributed by atoms with Crippen LogP contribution in [0.5, 0.6) is 5.75 Å². The normalized spacial score (nSPS) is 11.9. The number of ether oxygens (including phenoxy) is 1. The van der Waals surface area contributed by atoms with Gasteiger partial charge in [0.05, 0.1) is 23.7 Å². The Balaban J connectivity index is 1.30. The zero-order chi connectivity index (χ0) is 24.9. The standard InChI is InChI=1S/C27H27N7O2/c1-3-4-16-36-22-14-12-19(13-15-22)18(2)28-27(35)20-8-7-9-21(17-20)29-25-26-31-32-33-34(26)24-11-6-5-10-23(24)30-25/h5-15,17-18H,3-4,16H2,1-2H3,(H,28,35)(H,29,30)/t18-/m0/s1. The third-order valence-corrected chi connectivity index (χ3v) is 5.91. The molecule has 36 heavy (non-hydrogen) atoms. The molecule has 0 saturated carbocycles. The summed E-state index contributed by atoms with van der Waals surface area (Å²) in [5.74, 6) is 1.17. The van der Waals surface area contributed by atoms with Crippen LogP contribution in [-0.4, -0.2) is 37.5 Å². The summed E-state index contributed by atoms with van der Waals surface area (Å²) in [6, 6.07) is 22.6. The molecule has 0 radical (unpaired) electrons. The van der Waals surface area contributed by atoms with Crippen molar-refractivity contribution in [1.29, 1.82) is 0 Å². The topological polar surface area (TPSA) is 106 Å². The van der Waals surface area contributed by atoms with Crippen molar-refractivity contribution in [3.63, 3.8) is 0 Å². The van der Waals surface area contributed by atoms with Crippen molar-refractivity contribution >= 4 is 34.1 Å². The summed E-state index contributed by atoms with van der Waals surface area (Å²) in [5.41, 5.74) is 4.30. The SMILES string of the molecule is CCCCOc1ccc([C@H](C)NC(=O)c2cccc(Nc3nc4ccccc4n4nnnc34)c2)cc1. The van der Waals surface area contributed by atoms with Gasteiger partial charge in [0, 0.05) is 11.3 Å². The van der Waals surface area contributed by atoms with Crippen LogP contribution in [0.4, 0.5) is 11.5 Å². The van der Waals surface area contributed by atoms with Crippen molar-refractivity contribution in [2.75, 3.05) is 11.9 Å². The number of rotatable bonds is 9. The highest BCUT2D eigenvalue weighted by Crippen LogP contribution is 2.24. The molecule has 9 nitrogen and oxygen atoms in total. The molecule has 0 bridgehead atoms. The lowest BCUT2D eigenvalue weighted by Crippen LogP contribution is -2.26. The molecule has 182 valence electrons. The first-order valence-electron chi connectivity index (χ1n) is 12.0. The maximum Gasteiger partial charge on any atom is 0.251 e. The summed E-state index contributed by atoms with van der Waals surface area (Å²) in [5, 5.41) is 18.3. The van der Waals surface area contributed by atoms with Crippen LogP contribution >= 0.6 is 0 Å². The van der Waals surface area contributed by atoms with E-state index in [0.717, 1.165) is 35.2 Å². The molecule has 0 fully saturated rings. The number of fused-ring (bicyclic) bond motifs is 3. The number of hydrogen-bond donors (Lipinski definition) is 2. The largest absolute Gasteiger partial charge is 0.494 e. The average molecular weight is 482 g/mol. The smallest absolute Gasteiger partial charge is 0.251 e. The molecule has 0 spiro atoms. The highest BCUT2D eigenvalue weighted by Gasteiger charge is 2.14. The van der Waals surface area contributed by atoms with E-state index in [-0.39, 0.29) is 11.9 Å². The van der Waals surface area contributed by atoms with Crippen molar-refractivity contribution in [2.45, 2.75) is 32.7 Å². The van der Waals surface area contributed by atoms with E-state index in [9.17, 15) is 4.79 Å². The second-order valence-electron chi connectivity index (χ2n) is 8.54. The molecule has 0 unspecified atom stereocenters. The number of unbranched alkanes of at least 4 members (excludes halogenated alkanes) is 1. The molecule has 2 heterocycles. The fourth-order valence-corrected chi connectivity index (χ4v) is 3.91. The van der Waals surface area contributed by atoms with Crippen LogP contribution in [0.15, 0.2) is 72.8 Å². The Morgan fingerprint density at radius 3 is 2.72 bits per heavy atom. The van der Waals surface area contributed by atoms with E-state index in [4.69, 9.17) is 4.74 Å². The number of hydrogen-bond acceptors (Lipinski definition) is 7. The van der Waals surface area contributed by atoms with Gasteiger partial charge in [-0.15, -0.1) is 5.10 Å². The van der Waals surface area contributed by atoms with Crippen molar-refractivity contribution < 1.29 is 9.53 Å². The van der Waals surface area contributed by atoms with E-state index in [1.165, 1.54) is 0 Å². The molecule has 0 aliphatic carbocycles. The van der Waals surface area contributed by atoms with Crippen LogP contribution in [-0.2, 0) is 0 Å². The van der Waals surface area contributed by atoms with Crippen LogP contribution in [0.25, 0.3) is 16.7 Å². The minimum Gasteiger partial charge on any atom is -0.494 e. The number of anilines is 2. The molecule has 0 aliphatic heterocycles. The molecule has 5 rings (SSSR count). The van der Waals surface area contributed by atoms with Crippen LogP contribution in [0.1, 0.15) is 48.7 Å². The monoisotopic (exact) mass is 481 g/mol. The molecule has 1 amide bonds. The maximum absolute atomic E-state index is 13.0. The van der Waals surface area contributed by atoms with Gasteiger partial charge in [-0.2, -0.15) is 4.52 Å². The quantitative estimate of drug-likeness (QED) is 0.283. The second kappa shape index (κ2) is 10.4. The number of benzene rings is 3. The predicted molar refractivity (Wildman–Crippen MR) is 139 cm³/mol. The van der Waals surface area contributed by atoms with Crippen molar-refractivity contribution in [2.24, 2.45) is 0 Å². The fourth-order valence-electron chi connectivity index (χ4n) is 3.91. The molecule has 2 aromatic heterocycles. The molecule has 3 aromatic carbocycles. The summed E-state index contributed by atoms with van der Waals surface area (Å²) in [6.07, 6.45) is 2.12. The fraction of sp³-hybridized carbons (Fsp3) is 0.222. The lowest BCUT2D eigenvalue weighted by Gasteiger charge is -2.16. The van der Waals surface area contributed by atoms with Gasteiger partial charge in [-0.3, -0.25) is 4.79 Å². The molecule has 1 atom stereocenters. The lowest BCUT2D eigenvalue weighted by atomic mass is 10.1. The molecular formula is C27H27N7O2. The molecule has 9 heteroatoms. The van der Waals surface area contributed by atoms with E-state index < -0.39 is 0 Å². The molecule has 2 N–H and O–H groups in total. The number of para-hydroxylation sites is 2. The van der Waals surface area contributed by atoms with E-state index in [1.807, 2.05) is 67.6 Å². The Hall–Kier alpha value is -4.53. The summed E-state index contributed by atoms with van der Waals surface area (Å²) in [6.45, 7) is 4.80. The zero-order valence-electron chi connectivity index (χ0n) is 20.2. The number of aromatic nitrogens is 5. The summed E-state index contributed by atoms with van der Waals surface area (Å²) in [7, 11) is 0. The van der Waals surface area contributed by atoms with Gasteiger partial charge in [0.15, 0.2) is 5.82 Å². The van der Waals surface area contributed by atoms with E-state index in [0.29, 0.717) is 29.3 Å². The van der Waals surface area contributed by atoms with E-state index in [1.54, 1.807) is 16.6 Å². The number of carbonyl (C=O) groups excluding carboxylic acids is 1. The third-order valence-electron chi connectivity index (χ3n) is 5.91. The third kappa shape index (κ3) is 4.95. The summed E-state index contributed by atoms with van der Waals surface area (Å²) >= 11 is 0. The Bertz CT molecular complexity index is 1500. The van der Waals surface area contributed by atoms with Gasteiger partial charge in [-0.05, 0) is 71.8 Å².